The zero-order valence-corrected chi connectivity index (χ0v) is 16.7. The summed E-state index contributed by atoms with van der Waals surface area (Å²) in [7, 11) is -3.56. The number of nitrogens with one attached hydrogen (secondary N) is 2. The molecule has 2 aromatic carbocycles. The summed E-state index contributed by atoms with van der Waals surface area (Å²) in [5.41, 5.74) is 2.75. The molecule has 0 radical (unpaired) electrons. The molecule has 1 amide bonds. The van der Waals surface area contributed by atoms with Crippen LogP contribution in [0.25, 0.3) is 0 Å². The first-order chi connectivity index (χ1) is 12.8. The predicted molar refractivity (Wildman–Crippen MR) is 106 cm³/mol. The highest BCUT2D eigenvalue weighted by Gasteiger charge is 2.33. The molecule has 0 aliphatic heterocycles. The molecule has 0 bridgehead atoms. The van der Waals surface area contributed by atoms with Crippen molar-refractivity contribution in [3.63, 3.8) is 0 Å². The van der Waals surface area contributed by atoms with Crippen LogP contribution in [0.5, 0.6) is 0 Å². The third kappa shape index (κ3) is 4.96. The van der Waals surface area contributed by atoms with E-state index in [0.29, 0.717) is 11.5 Å². The first-order valence-corrected chi connectivity index (χ1v) is 10.7. The fraction of sp³-hybridized carbons (Fsp3) is 0.381. The quantitative estimate of drug-likeness (QED) is 0.764. The van der Waals surface area contributed by atoms with Gasteiger partial charge in [0, 0.05) is 11.6 Å². The van der Waals surface area contributed by atoms with Crippen LogP contribution in [-0.2, 0) is 10.0 Å². The summed E-state index contributed by atoms with van der Waals surface area (Å²) < 4.78 is 26.9. The lowest BCUT2D eigenvalue weighted by Crippen LogP contribution is -2.31. The van der Waals surface area contributed by atoms with Gasteiger partial charge >= 0.3 is 0 Å². The maximum atomic E-state index is 12.7. The highest BCUT2D eigenvalue weighted by molar-refractivity contribution is 7.89. The Hall–Kier alpha value is -2.18. The van der Waals surface area contributed by atoms with E-state index in [2.05, 4.69) is 34.3 Å². The number of amides is 1. The summed E-state index contributed by atoms with van der Waals surface area (Å²) in [4.78, 5) is 12.8. The van der Waals surface area contributed by atoms with E-state index < -0.39 is 10.0 Å². The van der Waals surface area contributed by atoms with Gasteiger partial charge < -0.3 is 5.32 Å². The Morgan fingerprint density at radius 1 is 1.00 bits per heavy atom. The molecule has 1 fully saturated rings. The Kier molecular flexibility index (Phi) is 5.67. The molecule has 1 atom stereocenters. The van der Waals surface area contributed by atoms with Crippen LogP contribution >= 0.6 is 0 Å². The molecule has 3 rings (SSSR count). The Morgan fingerprint density at radius 3 is 2.11 bits per heavy atom. The number of hydrogen-bond acceptors (Lipinski definition) is 3. The minimum atomic E-state index is -3.56. The Balaban J connectivity index is 1.74. The van der Waals surface area contributed by atoms with Gasteiger partial charge in [-0.3, -0.25) is 4.79 Å². The summed E-state index contributed by atoms with van der Waals surface area (Å²) in [6.45, 7) is 5.57. The molecule has 6 heteroatoms. The van der Waals surface area contributed by atoms with Crippen molar-refractivity contribution in [3.8, 4) is 0 Å². The summed E-state index contributed by atoms with van der Waals surface area (Å²) in [6, 6.07) is 14.1. The number of rotatable bonds is 7. The van der Waals surface area contributed by atoms with Crippen molar-refractivity contribution in [2.24, 2.45) is 5.92 Å². The lowest BCUT2D eigenvalue weighted by Gasteiger charge is -2.19. The molecule has 0 aromatic heterocycles. The number of carbonyl (C=O) groups is 1. The predicted octanol–water partition coefficient (Wildman–Crippen LogP) is 3.56. The summed E-state index contributed by atoms with van der Waals surface area (Å²) in [5.74, 6) is 0.278. The molecular weight excluding hydrogens is 360 g/mol. The van der Waals surface area contributed by atoms with Crippen molar-refractivity contribution in [3.05, 3.63) is 65.2 Å². The van der Waals surface area contributed by atoms with Crippen LogP contribution in [-0.4, -0.2) is 20.4 Å². The lowest BCUT2D eigenvalue weighted by molar-refractivity contribution is 0.0931. The van der Waals surface area contributed by atoms with E-state index in [1.54, 1.807) is 26.0 Å². The molecule has 1 aliphatic rings. The van der Waals surface area contributed by atoms with Crippen molar-refractivity contribution in [1.82, 2.24) is 10.0 Å². The Morgan fingerprint density at radius 2 is 1.59 bits per heavy atom. The number of benzene rings is 2. The monoisotopic (exact) mass is 386 g/mol. The third-order valence-corrected chi connectivity index (χ3v) is 6.31. The average Bonchev–Trinajstić information content (AvgIpc) is 3.44. The molecular formula is C21H26N2O3S. The zero-order chi connectivity index (χ0) is 19.6. The Labute approximate surface area is 161 Å². The number of hydrogen-bond donors (Lipinski definition) is 2. The molecule has 0 spiro atoms. The Bertz CT molecular complexity index is 899. The van der Waals surface area contributed by atoms with Gasteiger partial charge in [0.25, 0.3) is 5.91 Å². The van der Waals surface area contributed by atoms with Crippen molar-refractivity contribution in [1.29, 1.82) is 0 Å². The van der Waals surface area contributed by atoms with Gasteiger partial charge in [-0.25, -0.2) is 13.1 Å². The largest absolute Gasteiger partial charge is 0.345 e. The summed E-state index contributed by atoms with van der Waals surface area (Å²) in [5, 5.41) is 3.12. The molecule has 1 saturated carbocycles. The molecule has 27 heavy (non-hydrogen) atoms. The normalized spacial score (nSPS) is 15.6. The van der Waals surface area contributed by atoms with Crippen LogP contribution in [0.1, 0.15) is 54.2 Å². The molecule has 2 aromatic rings. The SMILES string of the molecule is Cc1ccc(C(NC(=O)c2ccc(S(=O)(=O)NC(C)C)cc2)C2CC2)cc1. The highest BCUT2D eigenvalue weighted by Crippen LogP contribution is 2.41. The number of carbonyl (C=O) groups excluding carboxylic acids is 1. The van der Waals surface area contributed by atoms with E-state index in [1.165, 1.54) is 17.7 Å². The smallest absolute Gasteiger partial charge is 0.251 e. The van der Waals surface area contributed by atoms with E-state index in [1.807, 2.05) is 6.92 Å². The van der Waals surface area contributed by atoms with Crippen LogP contribution in [0.4, 0.5) is 0 Å². The van der Waals surface area contributed by atoms with Crippen LogP contribution in [0, 0.1) is 12.8 Å². The maximum absolute atomic E-state index is 12.7. The van der Waals surface area contributed by atoms with Gasteiger partial charge in [-0.1, -0.05) is 29.8 Å². The fourth-order valence-electron chi connectivity index (χ4n) is 3.07. The van der Waals surface area contributed by atoms with Gasteiger partial charge in [0.1, 0.15) is 0 Å². The number of aryl methyl sites for hydroxylation is 1. The first-order valence-electron chi connectivity index (χ1n) is 9.26. The van der Waals surface area contributed by atoms with Gasteiger partial charge in [0.15, 0.2) is 0 Å². The average molecular weight is 387 g/mol. The van der Waals surface area contributed by atoms with Crippen molar-refractivity contribution in [2.75, 3.05) is 0 Å². The second-order valence-electron chi connectivity index (χ2n) is 7.50. The van der Waals surface area contributed by atoms with E-state index in [0.717, 1.165) is 18.4 Å². The van der Waals surface area contributed by atoms with Crippen molar-refractivity contribution < 1.29 is 13.2 Å². The topological polar surface area (TPSA) is 75.3 Å². The minimum Gasteiger partial charge on any atom is -0.345 e. The molecule has 0 heterocycles. The van der Waals surface area contributed by atoms with Crippen LogP contribution < -0.4 is 10.0 Å². The lowest BCUT2D eigenvalue weighted by atomic mass is 10.0. The van der Waals surface area contributed by atoms with Crippen LogP contribution in [0.2, 0.25) is 0 Å². The van der Waals surface area contributed by atoms with Gasteiger partial charge in [-0.05, 0) is 69.4 Å². The molecule has 0 saturated heterocycles. The molecule has 144 valence electrons. The molecule has 1 aliphatic carbocycles. The first kappa shape index (κ1) is 19.6. The molecule has 1 unspecified atom stereocenters. The molecule has 5 nitrogen and oxygen atoms in total. The van der Waals surface area contributed by atoms with Gasteiger partial charge in [-0.15, -0.1) is 0 Å². The van der Waals surface area contributed by atoms with E-state index in [9.17, 15) is 13.2 Å². The van der Waals surface area contributed by atoms with Gasteiger partial charge in [-0.2, -0.15) is 0 Å². The fourth-order valence-corrected chi connectivity index (χ4v) is 4.32. The van der Waals surface area contributed by atoms with Crippen molar-refractivity contribution >= 4 is 15.9 Å². The van der Waals surface area contributed by atoms with Gasteiger partial charge in [0.05, 0.1) is 10.9 Å². The number of sulfonamides is 1. The van der Waals surface area contributed by atoms with E-state index in [4.69, 9.17) is 0 Å². The second-order valence-corrected chi connectivity index (χ2v) is 9.21. The minimum absolute atomic E-state index is 0.0101. The molecule has 2 N–H and O–H groups in total. The highest BCUT2D eigenvalue weighted by atomic mass is 32.2. The summed E-state index contributed by atoms with van der Waals surface area (Å²) >= 11 is 0. The third-order valence-electron chi connectivity index (χ3n) is 4.63. The van der Waals surface area contributed by atoms with Crippen LogP contribution in [0.15, 0.2) is 53.4 Å². The van der Waals surface area contributed by atoms with Gasteiger partial charge in [0.2, 0.25) is 10.0 Å². The maximum Gasteiger partial charge on any atom is 0.251 e. The second kappa shape index (κ2) is 7.82. The van der Waals surface area contributed by atoms with Crippen LogP contribution in [0.3, 0.4) is 0 Å². The van der Waals surface area contributed by atoms with E-state index in [-0.39, 0.29) is 22.9 Å². The zero-order valence-electron chi connectivity index (χ0n) is 15.9. The van der Waals surface area contributed by atoms with Crippen molar-refractivity contribution in [2.45, 2.75) is 50.6 Å². The standard InChI is InChI=1S/C21H26N2O3S/c1-14(2)23-27(25,26)19-12-10-18(11-13-19)21(24)22-20(17-8-9-17)16-6-4-15(3)5-7-16/h4-7,10-14,17,20,23H,8-9H2,1-3H3,(H,22,24). The van der Waals surface area contributed by atoms with E-state index >= 15 is 0 Å². The summed E-state index contributed by atoms with van der Waals surface area (Å²) in [6.07, 6.45) is 2.22.